The van der Waals surface area contributed by atoms with Crippen molar-refractivity contribution >= 4 is 0 Å². The Morgan fingerprint density at radius 2 is 1.71 bits per heavy atom. The van der Waals surface area contributed by atoms with Gasteiger partial charge in [-0.1, -0.05) is 33.6 Å². The lowest BCUT2D eigenvalue weighted by atomic mass is 10.1. The molecule has 1 atom stereocenters. The summed E-state index contributed by atoms with van der Waals surface area (Å²) >= 11 is 0. The Hall–Kier alpha value is -0.0800. The van der Waals surface area contributed by atoms with Crippen molar-refractivity contribution in [1.82, 2.24) is 4.90 Å². The van der Waals surface area contributed by atoms with E-state index in [0.29, 0.717) is 12.1 Å². The molecule has 2 nitrogen and oxygen atoms in total. The van der Waals surface area contributed by atoms with Crippen molar-refractivity contribution in [2.75, 3.05) is 13.6 Å². The monoisotopic (exact) mass is 200 g/mol. The maximum absolute atomic E-state index is 6.07. The van der Waals surface area contributed by atoms with Gasteiger partial charge in [-0.15, -0.1) is 0 Å². The minimum absolute atomic E-state index is 0.362. The average Bonchev–Trinajstić information content (AvgIpc) is 2.16. The summed E-state index contributed by atoms with van der Waals surface area (Å²) in [6.45, 7) is 7.77. The molecule has 2 N–H and O–H groups in total. The highest BCUT2D eigenvalue weighted by molar-refractivity contribution is 4.71. The van der Waals surface area contributed by atoms with Gasteiger partial charge < -0.3 is 10.6 Å². The number of likely N-dealkylation sites (N-methyl/N-ethyl adjacent to an activating group) is 1. The summed E-state index contributed by atoms with van der Waals surface area (Å²) in [6.07, 6.45) is 6.14. The van der Waals surface area contributed by atoms with Crippen LogP contribution in [0.25, 0.3) is 0 Å². The molecule has 0 saturated heterocycles. The second-order valence-corrected chi connectivity index (χ2v) is 4.31. The van der Waals surface area contributed by atoms with E-state index < -0.39 is 0 Å². The van der Waals surface area contributed by atoms with Crippen LogP contribution in [0, 0.1) is 0 Å². The zero-order chi connectivity index (χ0) is 11.0. The standard InChI is InChI=1S/C12H28N2/c1-5-8-9-11(13)10-14(4)12(6-2)7-3/h11-12H,5-10,13H2,1-4H3. The van der Waals surface area contributed by atoms with E-state index in [1.165, 1.54) is 32.1 Å². The molecule has 0 heterocycles. The van der Waals surface area contributed by atoms with Crippen LogP contribution in [0.15, 0.2) is 0 Å². The van der Waals surface area contributed by atoms with Gasteiger partial charge in [0.2, 0.25) is 0 Å². The Morgan fingerprint density at radius 1 is 1.14 bits per heavy atom. The molecule has 2 heteroatoms. The topological polar surface area (TPSA) is 29.3 Å². The molecule has 0 aromatic carbocycles. The summed E-state index contributed by atoms with van der Waals surface area (Å²) in [5.74, 6) is 0. The van der Waals surface area contributed by atoms with Crippen molar-refractivity contribution in [3.05, 3.63) is 0 Å². The van der Waals surface area contributed by atoms with Crippen LogP contribution in [0.4, 0.5) is 0 Å². The number of unbranched alkanes of at least 4 members (excludes halogenated alkanes) is 1. The molecule has 0 aromatic rings. The van der Waals surface area contributed by atoms with Crippen molar-refractivity contribution in [2.45, 2.75) is 65.0 Å². The smallest absolute Gasteiger partial charge is 0.0167 e. The normalized spacial score (nSPS) is 13.9. The van der Waals surface area contributed by atoms with Gasteiger partial charge in [-0.25, -0.2) is 0 Å². The van der Waals surface area contributed by atoms with E-state index in [1.807, 2.05) is 0 Å². The fourth-order valence-electron chi connectivity index (χ4n) is 1.99. The first-order valence-corrected chi connectivity index (χ1v) is 6.11. The first kappa shape index (κ1) is 13.9. The largest absolute Gasteiger partial charge is 0.327 e. The molecule has 0 fully saturated rings. The fraction of sp³-hybridized carbons (Fsp3) is 1.00. The Morgan fingerprint density at radius 3 is 2.14 bits per heavy atom. The maximum atomic E-state index is 6.07. The van der Waals surface area contributed by atoms with Gasteiger partial charge in [-0.3, -0.25) is 0 Å². The van der Waals surface area contributed by atoms with E-state index in [0.717, 1.165) is 6.54 Å². The molecule has 0 radical (unpaired) electrons. The molecule has 86 valence electrons. The lowest BCUT2D eigenvalue weighted by molar-refractivity contribution is 0.213. The molecule has 0 bridgehead atoms. The SMILES string of the molecule is CCCCC(N)CN(C)C(CC)CC. The predicted molar refractivity (Wildman–Crippen MR) is 64.5 cm³/mol. The van der Waals surface area contributed by atoms with Crippen LogP contribution in [0.5, 0.6) is 0 Å². The Balaban J connectivity index is 3.73. The first-order valence-electron chi connectivity index (χ1n) is 6.11. The zero-order valence-corrected chi connectivity index (χ0v) is 10.4. The molecule has 0 amide bonds. The lowest BCUT2D eigenvalue weighted by Gasteiger charge is -2.28. The molecule has 0 aliphatic carbocycles. The van der Waals surface area contributed by atoms with Gasteiger partial charge >= 0.3 is 0 Å². The minimum Gasteiger partial charge on any atom is -0.327 e. The molecule has 0 aliphatic rings. The van der Waals surface area contributed by atoms with Gasteiger partial charge in [-0.05, 0) is 26.3 Å². The molecule has 0 aromatic heterocycles. The molecule has 0 rings (SSSR count). The summed E-state index contributed by atoms with van der Waals surface area (Å²) in [6, 6.07) is 1.07. The molecular weight excluding hydrogens is 172 g/mol. The summed E-state index contributed by atoms with van der Waals surface area (Å²) in [5.41, 5.74) is 6.07. The number of hydrogen-bond donors (Lipinski definition) is 1. The maximum Gasteiger partial charge on any atom is 0.0167 e. The summed E-state index contributed by atoms with van der Waals surface area (Å²) in [5, 5.41) is 0. The summed E-state index contributed by atoms with van der Waals surface area (Å²) in [4.78, 5) is 2.42. The average molecular weight is 200 g/mol. The van der Waals surface area contributed by atoms with E-state index in [2.05, 4.69) is 32.7 Å². The Bertz CT molecular complexity index is 121. The van der Waals surface area contributed by atoms with Crippen LogP contribution in [-0.4, -0.2) is 30.6 Å². The van der Waals surface area contributed by atoms with Crippen LogP contribution >= 0.6 is 0 Å². The van der Waals surface area contributed by atoms with Gasteiger partial charge in [0.25, 0.3) is 0 Å². The molecule has 1 unspecified atom stereocenters. The molecule has 14 heavy (non-hydrogen) atoms. The molecule has 0 saturated carbocycles. The van der Waals surface area contributed by atoms with Gasteiger partial charge in [0.05, 0.1) is 0 Å². The van der Waals surface area contributed by atoms with Gasteiger partial charge in [0, 0.05) is 18.6 Å². The second-order valence-electron chi connectivity index (χ2n) is 4.31. The fourth-order valence-corrected chi connectivity index (χ4v) is 1.99. The van der Waals surface area contributed by atoms with Gasteiger partial charge in [0.1, 0.15) is 0 Å². The first-order chi connectivity index (χ1) is 6.65. The molecule has 0 aliphatic heterocycles. The van der Waals surface area contributed by atoms with Gasteiger partial charge in [0.15, 0.2) is 0 Å². The number of hydrogen-bond acceptors (Lipinski definition) is 2. The highest BCUT2D eigenvalue weighted by Crippen LogP contribution is 2.08. The van der Waals surface area contributed by atoms with Gasteiger partial charge in [-0.2, -0.15) is 0 Å². The number of nitrogens with two attached hydrogens (primary N) is 1. The van der Waals surface area contributed by atoms with E-state index in [-0.39, 0.29) is 0 Å². The Labute approximate surface area is 89.9 Å². The van der Waals surface area contributed by atoms with Crippen LogP contribution in [0.3, 0.4) is 0 Å². The highest BCUT2D eigenvalue weighted by Gasteiger charge is 2.13. The third-order valence-electron chi connectivity index (χ3n) is 3.02. The van der Waals surface area contributed by atoms with E-state index in [9.17, 15) is 0 Å². The van der Waals surface area contributed by atoms with Crippen molar-refractivity contribution in [1.29, 1.82) is 0 Å². The van der Waals surface area contributed by atoms with Crippen molar-refractivity contribution in [2.24, 2.45) is 5.73 Å². The van der Waals surface area contributed by atoms with E-state index in [1.54, 1.807) is 0 Å². The number of nitrogens with zero attached hydrogens (tertiary/aromatic N) is 1. The summed E-state index contributed by atoms with van der Waals surface area (Å²) in [7, 11) is 2.20. The van der Waals surface area contributed by atoms with Crippen molar-refractivity contribution < 1.29 is 0 Å². The third-order valence-corrected chi connectivity index (χ3v) is 3.02. The Kier molecular flexibility index (Phi) is 8.20. The van der Waals surface area contributed by atoms with E-state index >= 15 is 0 Å². The quantitative estimate of drug-likeness (QED) is 0.652. The van der Waals surface area contributed by atoms with Crippen LogP contribution in [-0.2, 0) is 0 Å². The van der Waals surface area contributed by atoms with E-state index in [4.69, 9.17) is 5.73 Å². The third kappa shape index (κ3) is 5.61. The van der Waals surface area contributed by atoms with Crippen LogP contribution in [0.1, 0.15) is 52.9 Å². The van der Waals surface area contributed by atoms with Crippen LogP contribution in [0.2, 0.25) is 0 Å². The summed E-state index contributed by atoms with van der Waals surface area (Å²) < 4.78 is 0. The van der Waals surface area contributed by atoms with Crippen molar-refractivity contribution in [3.63, 3.8) is 0 Å². The molecule has 0 spiro atoms. The van der Waals surface area contributed by atoms with Crippen LogP contribution < -0.4 is 5.73 Å². The lowest BCUT2D eigenvalue weighted by Crippen LogP contribution is -2.40. The predicted octanol–water partition coefficient (Wildman–Crippen LogP) is 2.62. The second kappa shape index (κ2) is 8.25. The van der Waals surface area contributed by atoms with Crippen molar-refractivity contribution in [3.8, 4) is 0 Å². The molecular formula is C12H28N2. The minimum atomic E-state index is 0.362. The number of rotatable bonds is 8. The zero-order valence-electron chi connectivity index (χ0n) is 10.4. The highest BCUT2D eigenvalue weighted by atomic mass is 15.1.